The second-order valence-corrected chi connectivity index (χ2v) is 6.55. The minimum Gasteiger partial charge on any atom is -0.118 e. The summed E-state index contributed by atoms with van der Waals surface area (Å²) in [4.78, 5) is 1.32. The molecule has 1 atom stereocenters. The van der Waals surface area contributed by atoms with Gasteiger partial charge in [0.1, 0.15) is 0 Å². The van der Waals surface area contributed by atoms with E-state index in [9.17, 15) is 0 Å². The Labute approximate surface area is 124 Å². The first-order chi connectivity index (χ1) is 9.74. The molecule has 0 fully saturated rings. The van der Waals surface area contributed by atoms with E-state index in [4.69, 9.17) is 0 Å². The van der Waals surface area contributed by atoms with Gasteiger partial charge in [0.25, 0.3) is 0 Å². The molecule has 0 radical (unpaired) electrons. The Kier molecular flexibility index (Phi) is 3.79. The molecule has 0 spiro atoms. The lowest BCUT2D eigenvalue weighted by molar-refractivity contribution is 1.10. The normalized spacial score (nSPS) is 12.5. The zero-order chi connectivity index (χ0) is 13.9. The summed E-state index contributed by atoms with van der Waals surface area (Å²) >= 11 is 1.91. The standard InChI is InChI=1S/C19H18S/c1-14-12-17(13-16-8-6-7-11-19(14)16)15(2)20-18-9-4-3-5-10-18/h3-13,15H,1-2H3. The summed E-state index contributed by atoms with van der Waals surface area (Å²) in [5, 5.41) is 3.15. The molecule has 100 valence electrons. The van der Waals surface area contributed by atoms with Crippen molar-refractivity contribution in [1.82, 2.24) is 0 Å². The van der Waals surface area contributed by atoms with Gasteiger partial charge in [-0.2, -0.15) is 0 Å². The van der Waals surface area contributed by atoms with Gasteiger partial charge in [0.2, 0.25) is 0 Å². The fourth-order valence-corrected chi connectivity index (χ4v) is 3.53. The highest BCUT2D eigenvalue weighted by Crippen LogP contribution is 2.36. The molecule has 1 unspecified atom stereocenters. The lowest BCUT2D eigenvalue weighted by Crippen LogP contribution is -1.91. The van der Waals surface area contributed by atoms with Gasteiger partial charge in [-0.1, -0.05) is 54.6 Å². The van der Waals surface area contributed by atoms with Crippen LogP contribution in [0.15, 0.2) is 71.6 Å². The molecule has 0 aliphatic rings. The van der Waals surface area contributed by atoms with E-state index in [1.54, 1.807) is 0 Å². The Hall–Kier alpha value is -1.73. The van der Waals surface area contributed by atoms with Crippen molar-refractivity contribution in [2.45, 2.75) is 24.0 Å². The molecule has 0 N–H and O–H groups in total. The molecule has 20 heavy (non-hydrogen) atoms. The van der Waals surface area contributed by atoms with Crippen molar-refractivity contribution < 1.29 is 0 Å². The van der Waals surface area contributed by atoms with Gasteiger partial charge in [0.05, 0.1) is 0 Å². The zero-order valence-corrected chi connectivity index (χ0v) is 12.7. The Morgan fingerprint density at radius 3 is 2.35 bits per heavy atom. The number of rotatable bonds is 3. The number of fused-ring (bicyclic) bond motifs is 1. The molecule has 3 aromatic carbocycles. The maximum Gasteiger partial charge on any atom is 0.0316 e. The SMILES string of the molecule is Cc1cc(C(C)Sc2ccccc2)cc2ccccc12. The number of hydrogen-bond acceptors (Lipinski definition) is 1. The van der Waals surface area contributed by atoms with Gasteiger partial charge >= 0.3 is 0 Å². The highest BCUT2D eigenvalue weighted by molar-refractivity contribution is 7.99. The monoisotopic (exact) mass is 278 g/mol. The molecule has 0 heterocycles. The van der Waals surface area contributed by atoms with Crippen LogP contribution in [-0.4, -0.2) is 0 Å². The van der Waals surface area contributed by atoms with Crippen molar-refractivity contribution in [3.8, 4) is 0 Å². The van der Waals surface area contributed by atoms with Crippen LogP contribution in [0.3, 0.4) is 0 Å². The van der Waals surface area contributed by atoms with Crippen molar-refractivity contribution in [2.75, 3.05) is 0 Å². The van der Waals surface area contributed by atoms with E-state index in [0.29, 0.717) is 5.25 Å². The minimum atomic E-state index is 0.459. The topological polar surface area (TPSA) is 0 Å². The lowest BCUT2D eigenvalue weighted by Gasteiger charge is -2.14. The van der Waals surface area contributed by atoms with E-state index in [1.807, 2.05) is 11.8 Å². The molecular formula is C19H18S. The maximum atomic E-state index is 2.32. The average Bonchev–Trinajstić information content (AvgIpc) is 2.48. The van der Waals surface area contributed by atoms with Crippen LogP contribution in [0.25, 0.3) is 10.8 Å². The minimum absolute atomic E-state index is 0.459. The highest BCUT2D eigenvalue weighted by atomic mass is 32.2. The second-order valence-electron chi connectivity index (χ2n) is 5.13. The first-order valence-electron chi connectivity index (χ1n) is 6.95. The summed E-state index contributed by atoms with van der Waals surface area (Å²) < 4.78 is 0. The fraction of sp³-hybridized carbons (Fsp3) is 0.158. The third kappa shape index (κ3) is 2.73. The molecule has 0 aliphatic carbocycles. The first-order valence-corrected chi connectivity index (χ1v) is 7.83. The van der Waals surface area contributed by atoms with Gasteiger partial charge in [-0.3, -0.25) is 0 Å². The third-order valence-electron chi connectivity index (χ3n) is 3.62. The molecule has 0 saturated carbocycles. The van der Waals surface area contributed by atoms with Gasteiger partial charge in [0, 0.05) is 10.1 Å². The van der Waals surface area contributed by atoms with Gasteiger partial charge in [-0.25, -0.2) is 0 Å². The maximum absolute atomic E-state index is 2.32. The molecule has 3 aromatic rings. The second kappa shape index (κ2) is 5.72. The summed E-state index contributed by atoms with van der Waals surface area (Å²) in [6, 6.07) is 23.9. The third-order valence-corrected chi connectivity index (χ3v) is 4.79. The largest absolute Gasteiger partial charge is 0.118 e. The predicted octanol–water partition coefficient (Wildman–Crippen LogP) is 6.00. The molecule has 0 nitrogen and oxygen atoms in total. The summed E-state index contributed by atoms with van der Waals surface area (Å²) in [5.74, 6) is 0. The fourth-order valence-electron chi connectivity index (χ4n) is 2.54. The van der Waals surface area contributed by atoms with Crippen LogP contribution in [0, 0.1) is 6.92 Å². The molecule has 0 aromatic heterocycles. The van der Waals surface area contributed by atoms with Crippen LogP contribution in [0.2, 0.25) is 0 Å². The van der Waals surface area contributed by atoms with Crippen LogP contribution in [-0.2, 0) is 0 Å². The Morgan fingerprint density at radius 2 is 1.55 bits per heavy atom. The van der Waals surface area contributed by atoms with Crippen LogP contribution in [0.5, 0.6) is 0 Å². The molecule has 3 rings (SSSR count). The van der Waals surface area contributed by atoms with E-state index >= 15 is 0 Å². The van der Waals surface area contributed by atoms with Crippen LogP contribution in [0.1, 0.15) is 23.3 Å². The van der Waals surface area contributed by atoms with E-state index < -0.39 is 0 Å². The van der Waals surface area contributed by atoms with Crippen LogP contribution >= 0.6 is 11.8 Å². The zero-order valence-electron chi connectivity index (χ0n) is 11.8. The summed E-state index contributed by atoms with van der Waals surface area (Å²) in [6.45, 7) is 4.48. The molecule has 0 bridgehead atoms. The van der Waals surface area contributed by atoms with Crippen molar-refractivity contribution in [3.63, 3.8) is 0 Å². The highest BCUT2D eigenvalue weighted by Gasteiger charge is 2.09. The number of hydrogen-bond donors (Lipinski definition) is 0. The summed E-state index contributed by atoms with van der Waals surface area (Å²) in [6.07, 6.45) is 0. The summed E-state index contributed by atoms with van der Waals surface area (Å²) in [7, 11) is 0. The number of benzene rings is 3. The molecule has 0 amide bonds. The van der Waals surface area contributed by atoms with Crippen molar-refractivity contribution >= 4 is 22.5 Å². The van der Waals surface area contributed by atoms with Crippen LogP contribution in [0.4, 0.5) is 0 Å². The molecule has 1 heteroatoms. The van der Waals surface area contributed by atoms with Gasteiger partial charge in [0.15, 0.2) is 0 Å². The average molecular weight is 278 g/mol. The Morgan fingerprint density at radius 1 is 0.850 bits per heavy atom. The van der Waals surface area contributed by atoms with E-state index in [1.165, 1.54) is 26.8 Å². The van der Waals surface area contributed by atoms with Crippen LogP contribution < -0.4 is 0 Å². The van der Waals surface area contributed by atoms with Gasteiger partial charge in [-0.15, -0.1) is 11.8 Å². The molecule has 0 saturated heterocycles. The van der Waals surface area contributed by atoms with E-state index in [0.717, 1.165) is 0 Å². The summed E-state index contributed by atoms with van der Waals surface area (Å²) in [5.41, 5.74) is 2.76. The Bertz CT molecular complexity index is 716. The van der Waals surface area contributed by atoms with Gasteiger partial charge < -0.3 is 0 Å². The van der Waals surface area contributed by atoms with Crippen molar-refractivity contribution in [1.29, 1.82) is 0 Å². The van der Waals surface area contributed by atoms with Gasteiger partial charge in [-0.05, 0) is 47.9 Å². The molecule has 0 aliphatic heterocycles. The number of aryl methyl sites for hydroxylation is 1. The Balaban J connectivity index is 1.93. The van der Waals surface area contributed by atoms with Crippen molar-refractivity contribution in [3.05, 3.63) is 77.9 Å². The van der Waals surface area contributed by atoms with E-state index in [-0.39, 0.29) is 0 Å². The smallest absolute Gasteiger partial charge is 0.0316 e. The molecular weight excluding hydrogens is 260 g/mol. The first kappa shape index (κ1) is 13.3. The van der Waals surface area contributed by atoms with Crippen molar-refractivity contribution in [2.24, 2.45) is 0 Å². The number of thioether (sulfide) groups is 1. The quantitative estimate of drug-likeness (QED) is 0.529. The predicted molar refractivity (Wildman–Crippen MR) is 89.4 cm³/mol. The lowest BCUT2D eigenvalue weighted by atomic mass is 10.0. The van der Waals surface area contributed by atoms with E-state index in [2.05, 4.69) is 80.6 Å².